The van der Waals surface area contributed by atoms with Crippen LogP contribution in [0.2, 0.25) is 0 Å². The Hall–Kier alpha value is -0.300. The number of carbonyl (C=O) groups excluding carboxylic acids is 1. The quantitative estimate of drug-likeness (QED) is 0.578. The van der Waals surface area contributed by atoms with Crippen molar-refractivity contribution in [1.82, 2.24) is 0 Å². The topological polar surface area (TPSA) is 17.1 Å². The van der Waals surface area contributed by atoms with Gasteiger partial charge in [0.25, 0.3) is 0 Å². The fraction of sp³-hybridized carbons (Fsp3) is 0.625. The first-order valence-corrected chi connectivity index (χ1v) is 3.86. The molecule has 1 unspecified atom stereocenters. The molecule has 0 rings (SSSR count). The highest BCUT2D eigenvalue weighted by Gasteiger charge is 2.00. The highest BCUT2D eigenvalue weighted by atomic mass is 35.5. The van der Waals surface area contributed by atoms with E-state index >= 15 is 0 Å². The Morgan fingerprint density at radius 3 is 2.60 bits per heavy atom. The first kappa shape index (κ1) is 9.70. The minimum absolute atomic E-state index is 0.147. The Kier molecular flexibility index (Phi) is 5.32. The molecule has 0 aliphatic rings. The summed E-state index contributed by atoms with van der Waals surface area (Å²) in [7, 11) is 0. The molecule has 0 saturated carbocycles. The van der Waals surface area contributed by atoms with Gasteiger partial charge in [0.1, 0.15) is 6.29 Å². The first-order chi connectivity index (χ1) is 4.70. The van der Waals surface area contributed by atoms with Gasteiger partial charge >= 0.3 is 0 Å². The second-order valence-electron chi connectivity index (χ2n) is 2.33. The molecule has 0 spiro atoms. The lowest BCUT2D eigenvalue weighted by Gasteiger charge is -2.00. The summed E-state index contributed by atoms with van der Waals surface area (Å²) >= 11 is 5.58. The Bertz CT molecular complexity index is 125. The zero-order valence-corrected chi connectivity index (χ0v) is 7.19. The van der Waals surface area contributed by atoms with E-state index in [1.54, 1.807) is 0 Å². The second kappa shape index (κ2) is 5.48. The fourth-order valence-electron chi connectivity index (χ4n) is 0.632. The van der Waals surface area contributed by atoms with Crippen LogP contribution in [0, 0.1) is 5.92 Å². The number of hydrogen-bond acceptors (Lipinski definition) is 1. The van der Waals surface area contributed by atoms with Gasteiger partial charge in [-0.2, -0.15) is 0 Å². The van der Waals surface area contributed by atoms with Crippen LogP contribution in [0.3, 0.4) is 0 Å². The third kappa shape index (κ3) is 4.57. The lowest BCUT2D eigenvalue weighted by atomic mass is 10.0. The maximum atomic E-state index is 10.3. The van der Waals surface area contributed by atoms with Crippen molar-refractivity contribution in [2.75, 3.05) is 0 Å². The van der Waals surface area contributed by atoms with Gasteiger partial charge in [-0.25, -0.2) is 0 Å². The summed E-state index contributed by atoms with van der Waals surface area (Å²) in [6.45, 7) is 3.82. The van der Waals surface area contributed by atoms with Gasteiger partial charge in [0.2, 0.25) is 0 Å². The average molecular weight is 161 g/mol. The molecular weight excluding hydrogens is 148 g/mol. The van der Waals surface area contributed by atoms with E-state index in [2.05, 4.69) is 0 Å². The van der Waals surface area contributed by atoms with Crippen LogP contribution in [0.4, 0.5) is 0 Å². The van der Waals surface area contributed by atoms with Crippen LogP contribution in [0.1, 0.15) is 26.7 Å². The molecule has 0 fully saturated rings. The van der Waals surface area contributed by atoms with Gasteiger partial charge in [-0.15, -0.1) is 0 Å². The first-order valence-electron chi connectivity index (χ1n) is 3.48. The van der Waals surface area contributed by atoms with Gasteiger partial charge in [-0.05, 0) is 19.8 Å². The second-order valence-corrected chi connectivity index (χ2v) is 2.93. The van der Waals surface area contributed by atoms with Crippen LogP contribution >= 0.6 is 11.6 Å². The zero-order chi connectivity index (χ0) is 7.98. The van der Waals surface area contributed by atoms with Crippen molar-refractivity contribution in [3.8, 4) is 0 Å². The van der Waals surface area contributed by atoms with Crippen LogP contribution in [-0.4, -0.2) is 6.29 Å². The van der Waals surface area contributed by atoms with Crippen molar-refractivity contribution in [2.45, 2.75) is 26.7 Å². The molecular formula is C8H13ClO. The molecule has 10 heavy (non-hydrogen) atoms. The van der Waals surface area contributed by atoms with E-state index < -0.39 is 0 Å². The molecule has 0 bridgehead atoms. The molecule has 2 heteroatoms. The molecule has 1 atom stereocenters. The molecule has 0 aromatic rings. The average Bonchev–Trinajstić information content (AvgIpc) is 1.90. The Morgan fingerprint density at radius 2 is 2.30 bits per heavy atom. The monoisotopic (exact) mass is 160 g/mol. The van der Waals surface area contributed by atoms with Crippen molar-refractivity contribution in [3.63, 3.8) is 0 Å². The predicted octanol–water partition coefficient (Wildman–Crippen LogP) is 2.74. The molecule has 0 saturated heterocycles. The zero-order valence-electron chi connectivity index (χ0n) is 6.43. The van der Waals surface area contributed by atoms with E-state index in [4.69, 9.17) is 11.6 Å². The summed E-state index contributed by atoms with van der Waals surface area (Å²) in [5.41, 5.74) is 0. The van der Waals surface area contributed by atoms with Gasteiger partial charge in [-0.1, -0.05) is 24.6 Å². The van der Waals surface area contributed by atoms with E-state index in [1.807, 2.05) is 19.9 Å². The summed E-state index contributed by atoms with van der Waals surface area (Å²) in [4.78, 5) is 10.3. The van der Waals surface area contributed by atoms with Crippen molar-refractivity contribution in [1.29, 1.82) is 0 Å². The van der Waals surface area contributed by atoms with Crippen LogP contribution in [0.15, 0.2) is 11.1 Å². The number of rotatable bonds is 4. The third-order valence-electron chi connectivity index (χ3n) is 1.42. The maximum absolute atomic E-state index is 10.3. The van der Waals surface area contributed by atoms with Gasteiger partial charge in [0.05, 0.1) is 0 Å². The predicted molar refractivity (Wildman–Crippen MR) is 44.1 cm³/mol. The summed E-state index contributed by atoms with van der Waals surface area (Å²) in [5.74, 6) is 0.147. The molecule has 0 N–H and O–H groups in total. The van der Waals surface area contributed by atoms with Gasteiger partial charge in [0.15, 0.2) is 0 Å². The van der Waals surface area contributed by atoms with Crippen molar-refractivity contribution in [2.24, 2.45) is 5.92 Å². The van der Waals surface area contributed by atoms with E-state index in [1.165, 1.54) is 0 Å². The molecule has 0 aromatic carbocycles. The molecule has 0 aliphatic carbocycles. The van der Waals surface area contributed by atoms with Gasteiger partial charge < -0.3 is 4.79 Å². The van der Waals surface area contributed by atoms with Gasteiger partial charge in [-0.3, -0.25) is 0 Å². The standard InChI is InChI=1S/C8H13ClO/c1-3-8(6-10)5-4-7(2)9/h4,6,8H,3,5H2,1-2H3/b7-4-. The minimum Gasteiger partial charge on any atom is -0.303 e. The lowest BCUT2D eigenvalue weighted by molar-refractivity contribution is -0.111. The largest absolute Gasteiger partial charge is 0.303 e. The normalized spacial score (nSPS) is 14.9. The van der Waals surface area contributed by atoms with E-state index in [9.17, 15) is 4.79 Å². The number of aldehydes is 1. The van der Waals surface area contributed by atoms with E-state index in [0.29, 0.717) is 0 Å². The summed E-state index contributed by atoms with van der Waals surface area (Å²) < 4.78 is 0. The molecule has 1 nitrogen and oxygen atoms in total. The van der Waals surface area contributed by atoms with Crippen molar-refractivity contribution < 1.29 is 4.79 Å². The minimum atomic E-state index is 0.147. The Labute approximate surface area is 67.1 Å². The Morgan fingerprint density at radius 1 is 1.70 bits per heavy atom. The smallest absolute Gasteiger partial charge is 0.123 e. The number of halogens is 1. The summed E-state index contributed by atoms with van der Waals surface area (Å²) in [6, 6.07) is 0. The molecule has 0 heterocycles. The maximum Gasteiger partial charge on any atom is 0.123 e. The van der Waals surface area contributed by atoms with Crippen LogP contribution in [0.25, 0.3) is 0 Å². The molecule has 0 amide bonds. The summed E-state index contributed by atoms with van der Waals surface area (Å²) in [5, 5.41) is 0.764. The SMILES string of the molecule is CCC(C=O)C/C=C(/C)Cl. The third-order valence-corrected chi connectivity index (χ3v) is 1.57. The van der Waals surface area contributed by atoms with E-state index in [-0.39, 0.29) is 5.92 Å². The lowest BCUT2D eigenvalue weighted by Crippen LogP contribution is -1.97. The molecule has 0 radical (unpaired) electrons. The van der Waals surface area contributed by atoms with E-state index in [0.717, 1.165) is 24.2 Å². The van der Waals surface area contributed by atoms with Gasteiger partial charge in [0, 0.05) is 11.0 Å². The van der Waals surface area contributed by atoms with Crippen LogP contribution in [0.5, 0.6) is 0 Å². The highest BCUT2D eigenvalue weighted by molar-refractivity contribution is 6.29. The highest BCUT2D eigenvalue weighted by Crippen LogP contribution is 2.09. The Balaban J connectivity index is 3.64. The van der Waals surface area contributed by atoms with Crippen molar-refractivity contribution >= 4 is 17.9 Å². The number of allylic oxidation sites excluding steroid dienone is 2. The van der Waals surface area contributed by atoms with Crippen LogP contribution < -0.4 is 0 Å². The fourth-order valence-corrected chi connectivity index (χ4v) is 0.721. The number of carbonyl (C=O) groups is 1. The van der Waals surface area contributed by atoms with Crippen LogP contribution in [-0.2, 0) is 4.79 Å². The molecule has 0 aliphatic heterocycles. The number of hydrogen-bond donors (Lipinski definition) is 0. The molecule has 0 aromatic heterocycles. The molecule has 58 valence electrons. The van der Waals surface area contributed by atoms with Crippen molar-refractivity contribution in [3.05, 3.63) is 11.1 Å². The summed E-state index contributed by atoms with van der Waals surface area (Å²) in [6.07, 6.45) is 4.53.